The van der Waals surface area contributed by atoms with Gasteiger partial charge in [-0.15, -0.1) is 0 Å². The number of oxazole rings is 1. The van der Waals surface area contributed by atoms with Crippen molar-refractivity contribution in [3.8, 4) is 0 Å². The van der Waals surface area contributed by atoms with Crippen molar-refractivity contribution in [2.45, 2.75) is 25.7 Å². The highest BCUT2D eigenvalue weighted by atomic mass is 32.1. The van der Waals surface area contributed by atoms with Crippen molar-refractivity contribution in [3.05, 3.63) is 23.0 Å². The molecule has 0 aliphatic heterocycles. The third kappa shape index (κ3) is 3.44. The second-order valence-corrected chi connectivity index (χ2v) is 6.17. The highest BCUT2D eigenvalue weighted by Crippen LogP contribution is 2.31. The number of aromatic amines is 1. The summed E-state index contributed by atoms with van der Waals surface area (Å²) < 4.78 is 10.1. The van der Waals surface area contributed by atoms with Crippen LogP contribution in [0.15, 0.2) is 22.6 Å². The standard InChI is InChI=1S/C16H18N2O4S/c1-21-15(20)10-4-2-3-9(7-10)14(19)17-11-5-6-12-13(8-11)22-16(23)18-12/h5-6,8-10H,2-4,7H2,1H3,(H,17,19)(H,18,23)/t9-,10+/m0/s1. The number of rotatable bonds is 3. The summed E-state index contributed by atoms with van der Waals surface area (Å²) in [6, 6.07) is 5.34. The molecule has 1 heterocycles. The molecule has 2 N–H and O–H groups in total. The fourth-order valence-electron chi connectivity index (χ4n) is 3.08. The van der Waals surface area contributed by atoms with Crippen LogP contribution in [0.3, 0.4) is 0 Å². The number of hydrogen-bond acceptors (Lipinski definition) is 5. The number of ether oxygens (including phenoxy) is 1. The number of aromatic nitrogens is 1. The Morgan fingerprint density at radius 2 is 2.13 bits per heavy atom. The highest BCUT2D eigenvalue weighted by Gasteiger charge is 2.31. The summed E-state index contributed by atoms with van der Waals surface area (Å²) in [5.41, 5.74) is 2.04. The van der Waals surface area contributed by atoms with Gasteiger partial charge in [0.15, 0.2) is 5.58 Å². The zero-order chi connectivity index (χ0) is 16.4. The Balaban J connectivity index is 1.69. The topological polar surface area (TPSA) is 84.3 Å². The molecule has 1 aliphatic carbocycles. The summed E-state index contributed by atoms with van der Waals surface area (Å²) in [6.45, 7) is 0. The summed E-state index contributed by atoms with van der Waals surface area (Å²) >= 11 is 4.94. The smallest absolute Gasteiger partial charge is 0.308 e. The number of fused-ring (bicyclic) bond motifs is 1. The van der Waals surface area contributed by atoms with Crippen LogP contribution in [-0.2, 0) is 14.3 Å². The molecule has 0 bridgehead atoms. The number of esters is 1. The lowest BCUT2D eigenvalue weighted by molar-refractivity contribution is -0.147. The van der Waals surface area contributed by atoms with Crippen molar-refractivity contribution in [3.63, 3.8) is 0 Å². The van der Waals surface area contributed by atoms with E-state index >= 15 is 0 Å². The first-order valence-electron chi connectivity index (χ1n) is 7.58. The molecule has 2 atom stereocenters. The number of amides is 1. The van der Waals surface area contributed by atoms with Crippen LogP contribution in [0.2, 0.25) is 0 Å². The minimum atomic E-state index is -0.229. The zero-order valence-electron chi connectivity index (χ0n) is 12.8. The molecule has 0 radical (unpaired) electrons. The summed E-state index contributed by atoms with van der Waals surface area (Å²) in [5.74, 6) is -0.671. The Labute approximate surface area is 138 Å². The average Bonchev–Trinajstić information content (AvgIpc) is 2.93. The maximum Gasteiger partial charge on any atom is 0.308 e. The van der Waals surface area contributed by atoms with Crippen LogP contribution in [0.5, 0.6) is 0 Å². The molecular formula is C16H18N2O4S. The maximum atomic E-state index is 12.4. The molecular weight excluding hydrogens is 316 g/mol. The van der Waals surface area contributed by atoms with Crippen molar-refractivity contribution in [1.82, 2.24) is 4.98 Å². The first kappa shape index (κ1) is 15.7. The second kappa shape index (κ2) is 6.54. The quantitative estimate of drug-likeness (QED) is 0.664. The molecule has 1 aromatic carbocycles. The van der Waals surface area contributed by atoms with E-state index in [1.165, 1.54) is 7.11 Å². The third-order valence-corrected chi connectivity index (χ3v) is 4.45. The lowest BCUT2D eigenvalue weighted by Gasteiger charge is -2.26. The van der Waals surface area contributed by atoms with E-state index in [-0.39, 0.29) is 23.7 Å². The number of carbonyl (C=O) groups is 2. The van der Waals surface area contributed by atoms with Gasteiger partial charge >= 0.3 is 5.97 Å². The van der Waals surface area contributed by atoms with Gasteiger partial charge < -0.3 is 19.5 Å². The Bertz CT molecular complexity index is 795. The molecule has 0 saturated heterocycles. The SMILES string of the molecule is COC(=O)[C@@H]1CCC[C@H](C(=O)Nc2ccc3[nH]c(=S)oc3c2)C1. The molecule has 1 saturated carbocycles. The Morgan fingerprint density at radius 1 is 1.35 bits per heavy atom. The molecule has 122 valence electrons. The van der Waals surface area contributed by atoms with Crippen molar-refractivity contribution in [1.29, 1.82) is 0 Å². The normalized spacial score (nSPS) is 21.1. The number of hydrogen-bond donors (Lipinski definition) is 2. The van der Waals surface area contributed by atoms with Gasteiger partial charge in [-0.25, -0.2) is 0 Å². The van der Waals surface area contributed by atoms with E-state index in [4.69, 9.17) is 21.4 Å². The molecule has 6 nitrogen and oxygen atoms in total. The summed E-state index contributed by atoms with van der Waals surface area (Å²) in [4.78, 5) is 27.3. The van der Waals surface area contributed by atoms with Gasteiger partial charge in [-0.05, 0) is 43.6 Å². The Kier molecular flexibility index (Phi) is 4.47. The van der Waals surface area contributed by atoms with Crippen LogP contribution < -0.4 is 5.32 Å². The van der Waals surface area contributed by atoms with Crippen molar-refractivity contribution in [2.24, 2.45) is 11.8 Å². The zero-order valence-corrected chi connectivity index (χ0v) is 13.6. The van der Waals surface area contributed by atoms with E-state index in [9.17, 15) is 9.59 Å². The monoisotopic (exact) mass is 334 g/mol. The molecule has 23 heavy (non-hydrogen) atoms. The van der Waals surface area contributed by atoms with Gasteiger partial charge in [-0.2, -0.15) is 0 Å². The molecule has 0 unspecified atom stereocenters. The van der Waals surface area contributed by atoms with Crippen LogP contribution in [0.25, 0.3) is 11.1 Å². The van der Waals surface area contributed by atoms with E-state index < -0.39 is 0 Å². The van der Waals surface area contributed by atoms with Crippen LogP contribution in [0.1, 0.15) is 25.7 Å². The number of anilines is 1. The lowest BCUT2D eigenvalue weighted by Crippen LogP contribution is -2.31. The van der Waals surface area contributed by atoms with Crippen LogP contribution in [-0.4, -0.2) is 24.0 Å². The van der Waals surface area contributed by atoms with E-state index in [0.29, 0.717) is 22.5 Å². The number of methoxy groups -OCH3 is 1. The second-order valence-electron chi connectivity index (χ2n) is 5.80. The van der Waals surface area contributed by atoms with E-state index in [1.54, 1.807) is 12.1 Å². The maximum absolute atomic E-state index is 12.4. The molecule has 3 rings (SSSR count). The molecule has 2 aromatic rings. The van der Waals surface area contributed by atoms with Gasteiger partial charge in [-0.3, -0.25) is 9.59 Å². The van der Waals surface area contributed by atoms with E-state index in [0.717, 1.165) is 24.8 Å². The molecule has 1 aliphatic rings. The van der Waals surface area contributed by atoms with Crippen molar-refractivity contribution < 1.29 is 18.7 Å². The van der Waals surface area contributed by atoms with Crippen LogP contribution in [0.4, 0.5) is 5.69 Å². The van der Waals surface area contributed by atoms with Gasteiger partial charge in [-0.1, -0.05) is 6.42 Å². The van der Waals surface area contributed by atoms with E-state index in [2.05, 4.69) is 10.3 Å². The number of H-pyrrole nitrogens is 1. The van der Waals surface area contributed by atoms with Gasteiger partial charge in [0, 0.05) is 17.7 Å². The van der Waals surface area contributed by atoms with Crippen LogP contribution >= 0.6 is 12.2 Å². The predicted molar refractivity (Wildman–Crippen MR) is 87.5 cm³/mol. The molecule has 1 fully saturated rings. The predicted octanol–water partition coefficient (Wildman–Crippen LogP) is 3.41. The Morgan fingerprint density at radius 3 is 2.91 bits per heavy atom. The third-order valence-electron chi connectivity index (χ3n) is 4.27. The Hall–Kier alpha value is -2.15. The average molecular weight is 334 g/mol. The van der Waals surface area contributed by atoms with Gasteiger partial charge in [0.25, 0.3) is 4.84 Å². The molecule has 1 amide bonds. The fourth-order valence-corrected chi connectivity index (χ4v) is 3.28. The first-order valence-corrected chi connectivity index (χ1v) is 7.99. The van der Waals surface area contributed by atoms with Crippen LogP contribution in [0, 0.1) is 16.7 Å². The minimum absolute atomic E-state index is 0.0768. The highest BCUT2D eigenvalue weighted by molar-refractivity contribution is 7.71. The van der Waals surface area contributed by atoms with Crippen molar-refractivity contribution in [2.75, 3.05) is 12.4 Å². The van der Waals surface area contributed by atoms with Crippen molar-refractivity contribution >= 4 is 40.9 Å². The molecule has 7 heteroatoms. The minimum Gasteiger partial charge on any atom is -0.469 e. The first-order chi connectivity index (χ1) is 11.1. The van der Waals surface area contributed by atoms with Gasteiger partial charge in [0.05, 0.1) is 18.5 Å². The number of carbonyl (C=O) groups excluding carboxylic acids is 2. The van der Waals surface area contributed by atoms with Gasteiger partial charge in [0.1, 0.15) is 0 Å². The van der Waals surface area contributed by atoms with Gasteiger partial charge in [0.2, 0.25) is 5.91 Å². The van der Waals surface area contributed by atoms with E-state index in [1.807, 2.05) is 6.07 Å². The fraction of sp³-hybridized carbons (Fsp3) is 0.438. The number of nitrogens with one attached hydrogen (secondary N) is 2. The summed E-state index contributed by atoms with van der Waals surface area (Å²) in [6.07, 6.45) is 2.95. The molecule has 1 aromatic heterocycles. The molecule has 0 spiro atoms. The summed E-state index contributed by atoms with van der Waals surface area (Å²) in [7, 11) is 1.38. The summed E-state index contributed by atoms with van der Waals surface area (Å²) in [5, 5.41) is 2.89. The number of benzene rings is 1. The lowest BCUT2D eigenvalue weighted by atomic mass is 9.81. The largest absolute Gasteiger partial charge is 0.469 e.